The highest BCUT2D eigenvalue weighted by Crippen LogP contribution is 2.27. The van der Waals surface area contributed by atoms with Gasteiger partial charge in [-0.25, -0.2) is 9.59 Å². The van der Waals surface area contributed by atoms with Gasteiger partial charge in [-0.15, -0.1) is 0 Å². The summed E-state index contributed by atoms with van der Waals surface area (Å²) in [5.41, 5.74) is 0.176. The van der Waals surface area contributed by atoms with Crippen molar-refractivity contribution < 1.29 is 29.3 Å². The minimum atomic E-state index is -0.554. The van der Waals surface area contributed by atoms with Gasteiger partial charge >= 0.3 is 11.9 Å². The van der Waals surface area contributed by atoms with Crippen LogP contribution in [0.5, 0.6) is 11.5 Å². The van der Waals surface area contributed by atoms with Crippen molar-refractivity contribution in [3.8, 4) is 11.5 Å². The van der Waals surface area contributed by atoms with Crippen LogP contribution in [0.3, 0.4) is 0 Å². The zero-order valence-electron chi connectivity index (χ0n) is 12.0. The van der Waals surface area contributed by atoms with Crippen LogP contribution in [0.25, 0.3) is 0 Å². The average Bonchev–Trinajstić information content (AvgIpc) is 2.51. The van der Waals surface area contributed by atoms with E-state index in [0.29, 0.717) is 25.7 Å². The van der Waals surface area contributed by atoms with E-state index in [0.717, 1.165) is 12.1 Å². The van der Waals surface area contributed by atoms with Gasteiger partial charge in [-0.1, -0.05) is 6.58 Å². The zero-order valence-corrected chi connectivity index (χ0v) is 12.0. The van der Waals surface area contributed by atoms with E-state index in [1.165, 1.54) is 12.1 Å². The van der Waals surface area contributed by atoms with Crippen LogP contribution in [0.4, 0.5) is 0 Å². The van der Waals surface area contributed by atoms with E-state index in [-0.39, 0.29) is 29.3 Å². The van der Waals surface area contributed by atoms with Gasteiger partial charge in [0.25, 0.3) is 0 Å². The Morgan fingerprint density at radius 1 is 1.05 bits per heavy atom. The molecule has 0 spiro atoms. The number of hydrogen-bond acceptors (Lipinski definition) is 6. The molecule has 0 bridgehead atoms. The highest BCUT2D eigenvalue weighted by Gasteiger charge is 2.26. The molecular weight excluding hydrogens is 288 g/mol. The molecule has 0 atom stereocenters. The van der Waals surface area contributed by atoms with Crippen LogP contribution >= 0.6 is 0 Å². The van der Waals surface area contributed by atoms with Crippen LogP contribution in [-0.4, -0.2) is 34.4 Å². The number of hydrogen-bond donors (Lipinski definition) is 2. The number of carbonyl (C=O) groups excluding carboxylic acids is 2. The van der Waals surface area contributed by atoms with Crippen LogP contribution < -0.4 is 0 Å². The molecule has 1 saturated carbocycles. The molecule has 1 aromatic rings. The van der Waals surface area contributed by atoms with E-state index < -0.39 is 11.9 Å². The van der Waals surface area contributed by atoms with Gasteiger partial charge in [0, 0.05) is 6.08 Å². The lowest BCUT2D eigenvalue weighted by atomic mass is 9.95. The molecule has 0 aliphatic heterocycles. The normalized spacial score (nSPS) is 20.9. The fraction of sp³-hybridized carbons (Fsp3) is 0.375. The highest BCUT2D eigenvalue weighted by atomic mass is 16.6. The summed E-state index contributed by atoms with van der Waals surface area (Å²) in [7, 11) is 0. The largest absolute Gasteiger partial charge is 0.504 e. The quantitative estimate of drug-likeness (QED) is 0.503. The molecule has 0 saturated heterocycles. The van der Waals surface area contributed by atoms with Gasteiger partial charge in [0.1, 0.15) is 12.2 Å². The Labute approximate surface area is 128 Å². The van der Waals surface area contributed by atoms with Crippen molar-refractivity contribution >= 4 is 11.9 Å². The molecule has 0 heterocycles. The summed E-state index contributed by atoms with van der Waals surface area (Å²) in [5.74, 6) is -1.66. The van der Waals surface area contributed by atoms with Gasteiger partial charge in [-0.05, 0) is 43.9 Å². The van der Waals surface area contributed by atoms with E-state index >= 15 is 0 Å². The maximum atomic E-state index is 12.0. The van der Waals surface area contributed by atoms with Crippen molar-refractivity contribution in [3.05, 3.63) is 36.4 Å². The van der Waals surface area contributed by atoms with E-state index in [2.05, 4.69) is 6.58 Å². The molecule has 1 aliphatic carbocycles. The van der Waals surface area contributed by atoms with Crippen LogP contribution in [0, 0.1) is 0 Å². The van der Waals surface area contributed by atoms with Crippen LogP contribution in [0.15, 0.2) is 30.9 Å². The highest BCUT2D eigenvalue weighted by molar-refractivity contribution is 5.90. The summed E-state index contributed by atoms with van der Waals surface area (Å²) >= 11 is 0. The molecule has 0 unspecified atom stereocenters. The van der Waals surface area contributed by atoms with E-state index in [9.17, 15) is 19.8 Å². The summed E-state index contributed by atoms with van der Waals surface area (Å²) in [6.07, 6.45) is 3.16. The molecule has 0 aromatic heterocycles. The van der Waals surface area contributed by atoms with E-state index in [1.807, 2.05) is 0 Å². The molecule has 2 rings (SSSR count). The number of aromatic hydroxyl groups is 2. The topological polar surface area (TPSA) is 93.1 Å². The maximum absolute atomic E-state index is 12.0. The molecule has 6 nitrogen and oxygen atoms in total. The second-order valence-corrected chi connectivity index (χ2v) is 5.15. The first-order valence-electron chi connectivity index (χ1n) is 7.05. The third-order valence-corrected chi connectivity index (χ3v) is 3.56. The Kier molecular flexibility index (Phi) is 5.04. The molecular formula is C16H18O6. The molecule has 2 N–H and O–H groups in total. The number of ether oxygens (including phenoxy) is 2. The van der Waals surface area contributed by atoms with Crippen molar-refractivity contribution in [2.75, 3.05) is 0 Å². The van der Waals surface area contributed by atoms with Crippen molar-refractivity contribution in [1.29, 1.82) is 0 Å². The van der Waals surface area contributed by atoms with Crippen molar-refractivity contribution in [3.63, 3.8) is 0 Å². The monoisotopic (exact) mass is 306 g/mol. The molecule has 118 valence electrons. The summed E-state index contributed by atoms with van der Waals surface area (Å²) in [6, 6.07) is 3.78. The Balaban J connectivity index is 1.85. The number of esters is 2. The summed E-state index contributed by atoms with van der Waals surface area (Å²) < 4.78 is 10.5. The summed E-state index contributed by atoms with van der Waals surface area (Å²) in [4.78, 5) is 23.1. The van der Waals surface area contributed by atoms with Gasteiger partial charge in [0.05, 0.1) is 5.56 Å². The maximum Gasteiger partial charge on any atom is 0.338 e. The first kappa shape index (κ1) is 15.9. The van der Waals surface area contributed by atoms with Gasteiger partial charge in [-0.2, -0.15) is 0 Å². The van der Waals surface area contributed by atoms with Gasteiger partial charge in [0.15, 0.2) is 11.5 Å². The third-order valence-electron chi connectivity index (χ3n) is 3.56. The molecule has 1 aliphatic rings. The van der Waals surface area contributed by atoms with Crippen LogP contribution in [-0.2, 0) is 14.3 Å². The third kappa shape index (κ3) is 4.00. The number of benzene rings is 1. The Hall–Kier alpha value is -2.50. The smallest absolute Gasteiger partial charge is 0.338 e. The summed E-state index contributed by atoms with van der Waals surface area (Å²) in [5, 5.41) is 18.6. The second-order valence-electron chi connectivity index (χ2n) is 5.15. The minimum Gasteiger partial charge on any atom is -0.504 e. The van der Waals surface area contributed by atoms with Gasteiger partial charge in [0.2, 0.25) is 0 Å². The lowest BCUT2D eigenvalue weighted by molar-refractivity contribution is -0.145. The van der Waals surface area contributed by atoms with Crippen LogP contribution in [0.1, 0.15) is 36.0 Å². The Morgan fingerprint density at radius 2 is 1.64 bits per heavy atom. The SMILES string of the molecule is C=CC(=O)OC1CCC(OC(=O)c2ccc(O)c(O)c2)CC1. The van der Waals surface area contributed by atoms with E-state index in [4.69, 9.17) is 9.47 Å². The average molecular weight is 306 g/mol. The number of phenolic OH excluding ortho intramolecular Hbond substituents is 2. The van der Waals surface area contributed by atoms with E-state index in [1.54, 1.807) is 0 Å². The lowest BCUT2D eigenvalue weighted by Crippen LogP contribution is -2.29. The minimum absolute atomic E-state index is 0.168. The summed E-state index contributed by atoms with van der Waals surface area (Å²) in [6.45, 7) is 3.35. The van der Waals surface area contributed by atoms with Crippen molar-refractivity contribution in [2.45, 2.75) is 37.9 Å². The van der Waals surface area contributed by atoms with Gasteiger partial charge < -0.3 is 19.7 Å². The molecule has 22 heavy (non-hydrogen) atoms. The Bertz CT molecular complexity index is 572. The van der Waals surface area contributed by atoms with Gasteiger partial charge in [-0.3, -0.25) is 0 Å². The number of phenols is 2. The standard InChI is InChI=1S/C16H18O6/c1-2-15(19)21-11-4-6-12(7-5-11)22-16(20)10-3-8-13(17)14(18)9-10/h2-3,8-9,11-12,17-18H,1,4-7H2. The van der Waals surface area contributed by atoms with Crippen molar-refractivity contribution in [1.82, 2.24) is 0 Å². The van der Waals surface area contributed by atoms with Crippen molar-refractivity contribution in [2.24, 2.45) is 0 Å². The Morgan fingerprint density at radius 3 is 2.18 bits per heavy atom. The second kappa shape index (κ2) is 6.98. The first-order valence-corrected chi connectivity index (χ1v) is 7.05. The fourth-order valence-corrected chi connectivity index (χ4v) is 2.35. The number of rotatable bonds is 4. The molecule has 0 amide bonds. The molecule has 1 aromatic carbocycles. The predicted molar refractivity (Wildman–Crippen MR) is 77.5 cm³/mol. The van der Waals surface area contributed by atoms with Crippen LogP contribution in [0.2, 0.25) is 0 Å². The number of carbonyl (C=O) groups is 2. The zero-order chi connectivity index (χ0) is 16.1. The fourth-order valence-electron chi connectivity index (χ4n) is 2.35. The lowest BCUT2D eigenvalue weighted by Gasteiger charge is -2.27. The molecule has 6 heteroatoms. The molecule has 1 fully saturated rings. The predicted octanol–water partition coefficient (Wildman–Crippen LogP) is 2.29. The molecule has 0 radical (unpaired) electrons. The first-order chi connectivity index (χ1) is 10.5.